The smallest absolute Gasteiger partial charge is 0.175 e. The molecule has 5 nitrogen and oxygen atoms in total. The summed E-state index contributed by atoms with van der Waals surface area (Å²) in [6, 6.07) is 5.28. The molecule has 6 heteroatoms. The zero-order chi connectivity index (χ0) is 15.5. The van der Waals surface area contributed by atoms with E-state index < -0.39 is 9.84 Å². The number of nitrogens with one attached hydrogen (secondary N) is 1. The standard InChI is InChI=1S/C15H21N3O2S/c1-4-6-11(5-2)18-15-13-9-12(21(3,19)20)7-8-14(13)16-10-17-15/h7-11H,4-6H2,1-3H3,(H,16,17,18). The average Bonchev–Trinajstić information content (AvgIpc) is 2.45. The van der Waals surface area contributed by atoms with Gasteiger partial charge in [0, 0.05) is 17.7 Å². The third kappa shape index (κ3) is 3.69. The number of hydrogen-bond donors (Lipinski definition) is 1. The Balaban J connectivity index is 2.48. The first-order valence-electron chi connectivity index (χ1n) is 7.17. The lowest BCUT2D eigenvalue weighted by molar-refractivity contribution is 0.602. The minimum Gasteiger partial charge on any atom is -0.367 e. The highest BCUT2D eigenvalue weighted by Crippen LogP contribution is 2.24. The van der Waals surface area contributed by atoms with Crippen molar-refractivity contribution in [3.8, 4) is 0 Å². The van der Waals surface area contributed by atoms with Crippen LogP contribution in [0, 0.1) is 0 Å². The summed E-state index contributed by atoms with van der Waals surface area (Å²) in [6.45, 7) is 4.27. The van der Waals surface area contributed by atoms with Gasteiger partial charge in [-0.2, -0.15) is 0 Å². The molecule has 0 amide bonds. The van der Waals surface area contributed by atoms with E-state index in [9.17, 15) is 8.42 Å². The van der Waals surface area contributed by atoms with Crippen LogP contribution in [-0.2, 0) is 9.84 Å². The van der Waals surface area contributed by atoms with E-state index in [1.807, 2.05) is 0 Å². The van der Waals surface area contributed by atoms with Gasteiger partial charge in [0.2, 0.25) is 0 Å². The Morgan fingerprint density at radius 1 is 1.24 bits per heavy atom. The summed E-state index contributed by atoms with van der Waals surface area (Å²) < 4.78 is 23.4. The fraction of sp³-hybridized carbons (Fsp3) is 0.467. The average molecular weight is 307 g/mol. The molecule has 0 fully saturated rings. The predicted molar refractivity (Wildman–Crippen MR) is 85.3 cm³/mol. The summed E-state index contributed by atoms with van der Waals surface area (Å²) in [5.41, 5.74) is 0.742. The van der Waals surface area contributed by atoms with Gasteiger partial charge >= 0.3 is 0 Å². The molecule has 114 valence electrons. The lowest BCUT2D eigenvalue weighted by Crippen LogP contribution is -2.19. The molecule has 1 aromatic heterocycles. The highest BCUT2D eigenvalue weighted by Gasteiger charge is 2.13. The van der Waals surface area contributed by atoms with Gasteiger partial charge in [-0.15, -0.1) is 0 Å². The maximum Gasteiger partial charge on any atom is 0.175 e. The first kappa shape index (κ1) is 15.7. The molecule has 0 aliphatic heterocycles. The molecule has 1 aromatic carbocycles. The Labute approximate surface area is 125 Å². The highest BCUT2D eigenvalue weighted by atomic mass is 32.2. The van der Waals surface area contributed by atoms with Crippen molar-refractivity contribution in [2.75, 3.05) is 11.6 Å². The molecule has 0 saturated carbocycles. The largest absolute Gasteiger partial charge is 0.367 e. The summed E-state index contributed by atoms with van der Waals surface area (Å²) >= 11 is 0. The summed E-state index contributed by atoms with van der Waals surface area (Å²) in [5.74, 6) is 0.700. The van der Waals surface area contributed by atoms with Crippen molar-refractivity contribution in [1.29, 1.82) is 0 Å². The normalized spacial score (nSPS) is 13.3. The molecular formula is C15H21N3O2S. The van der Waals surface area contributed by atoms with Gasteiger partial charge in [0.15, 0.2) is 9.84 Å². The molecule has 0 aliphatic rings. The number of sulfone groups is 1. The molecule has 0 saturated heterocycles. The summed E-state index contributed by atoms with van der Waals surface area (Å²) in [5, 5.41) is 4.15. The van der Waals surface area contributed by atoms with Crippen molar-refractivity contribution < 1.29 is 8.42 Å². The van der Waals surface area contributed by atoms with Crippen LogP contribution in [0.25, 0.3) is 10.9 Å². The second kappa shape index (κ2) is 6.39. The molecular weight excluding hydrogens is 286 g/mol. The SMILES string of the molecule is CCCC(CC)Nc1ncnc2ccc(S(C)(=O)=O)cc12. The van der Waals surface area contributed by atoms with Gasteiger partial charge in [0.25, 0.3) is 0 Å². The molecule has 1 atom stereocenters. The van der Waals surface area contributed by atoms with Gasteiger partial charge in [-0.1, -0.05) is 20.3 Å². The van der Waals surface area contributed by atoms with E-state index in [0.717, 1.165) is 30.2 Å². The van der Waals surface area contributed by atoms with Crippen molar-refractivity contribution in [3.05, 3.63) is 24.5 Å². The number of fused-ring (bicyclic) bond motifs is 1. The number of hydrogen-bond acceptors (Lipinski definition) is 5. The molecule has 2 rings (SSSR count). The topological polar surface area (TPSA) is 72.0 Å². The third-order valence-electron chi connectivity index (χ3n) is 3.51. The van der Waals surface area contributed by atoms with Crippen LogP contribution in [0.3, 0.4) is 0 Å². The zero-order valence-electron chi connectivity index (χ0n) is 12.6. The number of benzene rings is 1. The maximum atomic E-state index is 11.7. The van der Waals surface area contributed by atoms with Crippen LogP contribution in [0.15, 0.2) is 29.4 Å². The van der Waals surface area contributed by atoms with Crippen LogP contribution in [-0.4, -0.2) is 30.7 Å². The number of aromatic nitrogens is 2. The molecule has 1 heterocycles. The highest BCUT2D eigenvalue weighted by molar-refractivity contribution is 7.90. The van der Waals surface area contributed by atoms with Crippen molar-refractivity contribution in [3.63, 3.8) is 0 Å². The summed E-state index contributed by atoms with van der Waals surface area (Å²) in [4.78, 5) is 8.77. The van der Waals surface area contributed by atoms with Crippen molar-refractivity contribution in [2.24, 2.45) is 0 Å². The monoisotopic (exact) mass is 307 g/mol. The van der Waals surface area contributed by atoms with Crippen molar-refractivity contribution in [2.45, 2.75) is 44.0 Å². The Hall–Kier alpha value is -1.69. The lowest BCUT2D eigenvalue weighted by Gasteiger charge is -2.17. The Morgan fingerprint density at radius 3 is 2.62 bits per heavy atom. The molecule has 2 aromatic rings. The second-order valence-electron chi connectivity index (χ2n) is 5.21. The minimum absolute atomic E-state index is 0.288. The van der Waals surface area contributed by atoms with Gasteiger partial charge < -0.3 is 5.32 Å². The quantitative estimate of drug-likeness (QED) is 0.888. The van der Waals surface area contributed by atoms with E-state index in [2.05, 4.69) is 29.1 Å². The van der Waals surface area contributed by atoms with Crippen LogP contribution >= 0.6 is 0 Å². The third-order valence-corrected chi connectivity index (χ3v) is 4.62. The van der Waals surface area contributed by atoms with E-state index >= 15 is 0 Å². The van der Waals surface area contributed by atoms with Crippen molar-refractivity contribution in [1.82, 2.24) is 9.97 Å². The zero-order valence-corrected chi connectivity index (χ0v) is 13.4. The minimum atomic E-state index is -3.24. The molecule has 0 radical (unpaired) electrons. The van der Waals surface area contributed by atoms with Crippen LogP contribution in [0.2, 0.25) is 0 Å². The summed E-state index contributed by atoms with van der Waals surface area (Å²) in [7, 11) is -3.24. The molecule has 1 N–H and O–H groups in total. The number of nitrogens with zero attached hydrogens (tertiary/aromatic N) is 2. The van der Waals surface area contributed by atoms with E-state index in [1.54, 1.807) is 18.2 Å². The number of anilines is 1. The predicted octanol–water partition coefficient (Wildman–Crippen LogP) is 3.02. The molecule has 0 aliphatic carbocycles. The molecule has 0 spiro atoms. The van der Waals surface area contributed by atoms with Gasteiger partial charge in [-0.3, -0.25) is 0 Å². The lowest BCUT2D eigenvalue weighted by atomic mass is 10.1. The fourth-order valence-electron chi connectivity index (χ4n) is 2.30. The first-order chi connectivity index (χ1) is 9.95. The van der Waals surface area contributed by atoms with Crippen LogP contribution in [0.5, 0.6) is 0 Å². The van der Waals surface area contributed by atoms with Gasteiger partial charge in [0.1, 0.15) is 12.1 Å². The van der Waals surface area contributed by atoms with Crippen LogP contribution in [0.4, 0.5) is 5.82 Å². The number of rotatable bonds is 6. The maximum absolute atomic E-state index is 11.7. The fourth-order valence-corrected chi connectivity index (χ4v) is 2.95. The molecule has 0 bridgehead atoms. The van der Waals surface area contributed by atoms with E-state index in [-0.39, 0.29) is 4.90 Å². The summed E-state index contributed by atoms with van der Waals surface area (Å²) in [6.07, 6.45) is 5.84. The van der Waals surface area contributed by atoms with Gasteiger partial charge in [-0.05, 0) is 31.0 Å². The van der Waals surface area contributed by atoms with Crippen molar-refractivity contribution >= 4 is 26.6 Å². The molecule has 21 heavy (non-hydrogen) atoms. The van der Waals surface area contributed by atoms with Crippen LogP contribution in [0.1, 0.15) is 33.1 Å². The van der Waals surface area contributed by atoms with E-state index in [0.29, 0.717) is 11.9 Å². The molecule has 1 unspecified atom stereocenters. The van der Waals surface area contributed by atoms with Gasteiger partial charge in [-0.25, -0.2) is 18.4 Å². The van der Waals surface area contributed by atoms with E-state index in [1.165, 1.54) is 12.6 Å². The Morgan fingerprint density at radius 2 is 2.00 bits per heavy atom. The van der Waals surface area contributed by atoms with Gasteiger partial charge in [0.05, 0.1) is 10.4 Å². The Bertz CT molecular complexity index is 729. The van der Waals surface area contributed by atoms with E-state index in [4.69, 9.17) is 0 Å². The Kier molecular flexibility index (Phi) is 4.77. The first-order valence-corrected chi connectivity index (χ1v) is 9.06. The van der Waals surface area contributed by atoms with Crippen LogP contribution < -0.4 is 5.32 Å². The second-order valence-corrected chi connectivity index (χ2v) is 7.23.